The van der Waals surface area contributed by atoms with Crippen molar-refractivity contribution in [2.75, 3.05) is 5.73 Å². The average Bonchev–Trinajstić information content (AvgIpc) is 2.36. The van der Waals surface area contributed by atoms with E-state index < -0.39 is 0 Å². The summed E-state index contributed by atoms with van der Waals surface area (Å²) < 4.78 is 8.02. The zero-order chi connectivity index (χ0) is 7.84. The first kappa shape index (κ1) is 6.82. The van der Waals surface area contributed by atoms with E-state index in [2.05, 4.69) is 8.75 Å². The van der Waals surface area contributed by atoms with E-state index in [4.69, 9.17) is 17.3 Å². The van der Waals surface area contributed by atoms with Crippen LogP contribution in [-0.4, -0.2) is 8.75 Å². The minimum Gasteiger partial charge on any atom is -0.397 e. The highest BCUT2D eigenvalue weighted by atomic mass is 35.5. The summed E-state index contributed by atoms with van der Waals surface area (Å²) >= 11 is 6.91. The second kappa shape index (κ2) is 2.32. The largest absolute Gasteiger partial charge is 0.397 e. The molecule has 0 atom stereocenters. The zero-order valence-electron chi connectivity index (χ0n) is 5.41. The van der Waals surface area contributed by atoms with Crippen molar-refractivity contribution in [3.8, 4) is 0 Å². The first-order chi connectivity index (χ1) is 5.27. The molecule has 2 N–H and O–H groups in total. The minimum absolute atomic E-state index is 0.533. The number of fused-ring (bicyclic) bond motifs is 1. The SMILES string of the molecule is Nc1cc2nsnc2cc1Cl. The van der Waals surface area contributed by atoms with Gasteiger partial charge in [0.25, 0.3) is 0 Å². The molecule has 1 aromatic heterocycles. The molecule has 0 aliphatic carbocycles. The molecule has 5 heteroatoms. The lowest BCUT2D eigenvalue weighted by Gasteiger charge is -1.94. The molecule has 0 radical (unpaired) electrons. The van der Waals surface area contributed by atoms with Crippen LogP contribution in [0, 0.1) is 0 Å². The Morgan fingerprint density at radius 3 is 2.64 bits per heavy atom. The first-order valence-electron chi connectivity index (χ1n) is 2.94. The van der Waals surface area contributed by atoms with Crippen LogP contribution in [-0.2, 0) is 0 Å². The van der Waals surface area contributed by atoms with Crippen LogP contribution in [0.5, 0.6) is 0 Å². The number of aromatic nitrogens is 2. The Balaban J connectivity index is 2.86. The van der Waals surface area contributed by atoms with Crippen LogP contribution >= 0.6 is 23.3 Å². The molecular formula is C6H4ClN3S. The van der Waals surface area contributed by atoms with Gasteiger partial charge in [0.2, 0.25) is 0 Å². The quantitative estimate of drug-likeness (QED) is 0.638. The van der Waals surface area contributed by atoms with Gasteiger partial charge in [0.05, 0.1) is 22.4 Å². The Morgan fingerprint density at radius 1 is 1.27 bits per heavy atom. The van der Waals surface area contributed by atoms with E-state index in [1.165, 1.54) is 0 Å². The van der Waals surface area contributed by atoms with Crippen LogP contribution in [0.2, 0.25) is 5.02 Å². The molecule has 2 aromatic rings. The highest BCUT2D eigenvalue weighted by Crippen LogP contribution is 2.23. The van der Waals surface area contributed by atoms with Gasteiger partial charge in [-0.15, -0.1) is 0 Å². The van der Waals surface area contributed by atoms with Crippen LogP contribution in [0.15, 0.2) is 12.1 Å². The lowest BCUT2D eigenvalue weighted by Crippen LogP contribution is -1.85. The van der Waals surface area contributed by atoms with Crippen molar-refractivity contribution in [2.45, 2.75) is 0 Å². The summed E-state index contributed by atoms with van der Waals surface area (Å²) in [5, 5.41) is 0.533. The molecule has 0 amide bonds. The maximum Gasteiger partial charge on any atom is 0.106 e. The van der Waals surface area contributed by atoms with Gasteiger partial charge in [0, 0.05) is 0 Å². The number of anilines is 1. The topological polar surface area (TPSA) is 51.8 Å². The van der Waals surface area contributed by atoms with Crippen LogP contribution in [0.25, 0.3) is 11.0 Å². The number of nitrogens with zero attached hydrogens (tertiary/aromatic N) is 2. The van der Waals surface area contributed by atoms with Gasteiger partial charge in [0.15, 0.2) is 0 Å². The molecule has 1 aromatic carbocycles. The van der Waals surface area contributed by atoms with Gasteiger partial charge in [0.1, 0.15) is 11.0 Å². The Labute approximate surface area is 72.1 Å². The Kier molecular flexibility index (Phi) is 1.44. The van der Waals surface area contributed by atoms with Gasteiger partial charge < -0.3 is 5.73 Å². The van der Waals surface area contributed by atoms with Gasteiger partial charge >= 0.3 is 0 Å². The number of nitrogens with two attached hydrogens (primary N) is 1. The number of halogens is 1. The van der Waals surface area contributed by atoms with E-state index in [0.717, 1.165) is 22.8 Å². The van der Waals surface area contributed by atoms with Crippen LogP contribution in [0.1, 0.15) is 0 Å². The molecule has 2 rings (SSSR count). The van der Waals surface area contributed by atoms with Gasteiger partial charge in [-0.25, -0.2) is 0 Å². The standard InChI is InChI=1S/C6H4ClN3S/c7-3-1-5-6(2-4(3)8)10-11-9-5/h1-2H,8H2. The summed E-state index contributed by atoms with van der Waals surface area (Å²) in [7, 11) is 0. The molecule has 0 unspecified atom stereocenters. The molecule has 3 nitrogen and oxygen atoms in total. The van der Waals surface area contributed by atoms with E-state index in [1.54, 1.807) is 12.1 Å². The van der Waals surface area contributed by atoms with Crippen molar-refractivity contribution in [1.29, 1.82) is 0 Å². The molecule has 0 fully saturated rings. The van der Waals surface area contributed by atoms with Gasteiger partial charge in [-0.1, -0.05) is 11.6 Å². The van der Waals surface area contributed by atoms with Crippen molar-refractivity contribution >= 4 is 40.0 Å². The molecule has 0 saturated carbocycles. The second-order valence-corrected chi connectivity index (χ2v) is 3.06. The third kappa shape index (κ3) is 1.04. The zero-order valence-corrected chi connectivity index (χ0v) is 6.99. The Bertz CT molecular complexity index is 362. The van der Waals surface area contributed by atoms with E-state index in [9.17, 15) is 0 Å². The van der Waals surface area contributed by atoms with Gasteiger partial charge in [-0.2, -0.15) is 8.75 Å². The molecule has 0 spiro atoms. The molecule has 0 aliphatic heterocycles. The summed E-state index contributed by atoms with van der Waals surface area (Å²) in [6.45, 7) is 0. The Morgan fingerprint density at radius 2 is 1.91 bits per heavy atom. The average molecular weight is 186 g/mol. The maximum absolute atomic E-state index is 5.76. The van der Waals surface area contributed by atoms with Crippen molar-refractivity contribution < 1.29 is 0 Å². The molecule has 0 bridgehead atoms. The summed E-state index contributed by atoms with van der Waals surface area (Å²) in [6.07, 6.45) is 0. The lowest BCUT2D eigenvalue weighted by atomic mass is 10.3. The number of rotatable bonds is 0. The van der Waals surface area contributed by atoms with Crippen molar-refractivity contribution in [1.82, 2.24) is 8.75 Å². The van der Waals surface area contributed by atoms with Crippen molar-refractivity contribution in [3.63, 3.8) is 0 Å². The number of nitrogen functional groups attached to an aromatic ring is 1. The molecular weight excluding hydrogens is 182 g/mol. The number of benzene rings is 1. The van der Waals surface area contributed by atoms with Crippen molar-refractivity contribution in [3.05, 3.63) is 17.2 Å². The lowest BCUT2D eigenvalue weighted by molar-refractivity contribution is 1.63. The summed E-state index contributed by atoms with van der Waals surface area (Å²) in [5.41, 5.74) is 7.70. The predicted octanol–water partition coefficient (Wildman–Crippen LogP) is 1.93. The predicted molar refractivity (Wildman–Crippen MR) is 46.8 cm³/mol. The third-order valence-electron chi connectivity index (χ3n) is 1.37. The smallest absolute Gasteiger partial charge is 0.106 e. The minimum atomic E-state index is 0.533. The maximum atomic E-state index is 5.76. The van der Waals surface area contributed by atoms with E-state index in [-0.39, 0.29) is 0 Å². The van der Waals surface area contributed by atoms with E-state index in [1.807, 2.05) is 0 Å². The van der Waals surface area contributed by atoms with E-state index in [0.29, 0.717) is 10.7 Å². The first-order valence-corrected chi connectivity index (χ1v) is 4.05. The highest BCUT2D eigenvalue weighted by molar-refractivity contribution is 7.00. The second-order valence-electron chi connectivity index (χ2n) is 2.13. The molecule has 0 aliphatic rings. The summed E-state index contributed by atoms with van der Waals surface area (Å²) in [6, 6.07) is 3.44. The molecule has 1 heterocycles. The normalized spacial score (nSPS) is 10.6. The molecule has 0 saturated heterocycles. The van der Waals surface area contributed by atoms with Crippen molar-refractivity contribution in [2.24, 2.45) is 0 Å². The molecule has 11 heavy (non-hydrogen) atoms. The molecule has 56 valence electrons. The van der Waals surface area contributed by atoms with E-state index >= 15 is 0 Å². The Hall–Kier alpha value is -0.870. The fraction of sp³-hybridized carbons (Fsp3) is 0. The van der Waals surface area contributed by atoms with Gasteiger partial charge in [-0.05, 0) is 12.1 Å². The fourth-order valence-electron chi connectivity index (χ4n) is 0.822. The van der Waals surface area contributed by atoms with Crippen LogP contribution in [0.3, 0.4) is 0 Å². The number of hydrogen-bond donors (Lipinski definition) is 1. The summed E-state index contributed by atoms with van der Waals surface area (Å²) in [5.74, 6) is 0. The number of hydrogen-bond acceptors (Lipinski definition) is 4. The fourth-order valence-corrected chi connectivity index (χ4v) is 1.49. The van der Waals surface area contributed by atoms with Crippen LogP contribution < -0.4 is 5.73 Å². The summed E-state index contributed by atoms with van der Waals surface area (Å²) in [4.78, 5) is 0. The third-order valence-corrected chi connectivity index (χ3v) is 2.26. The van der Waals surface area contributed by atoms with Gasteiger partial charge in [-0.3, -0.25) is 0 Å². The monoisotopic (exact) mass is 185 g/mol. The van der Waals surface area contributed by atoms with Crippen LogP contribution in [0.4, 0.5) is 5.69 Å². The highest BCUT2D eigenvalue weighted by Gasteiger charge is 2.01.